The summed E-state index contributed by atoms with van der Waals surface area (Å²) in [5.41, 5.74) is 0.0354. The van der Waals surface area contributed by atoms with Gasteiger partial charge in [-0.15, -0.1) is 0 Å². The molecule has 13 nitrogen and oxygen atoms in total. The predicted octanol–water partition coefficient (Wildman–Crippen LogP) is 2.65. The molecule has 5 N–H and O–H groups in total. The molecule has 0 unspecified atom stereocenters. The second kappa shape index (κ2) is 19.0. The maximum atomic E-state index is 14.0. The standard InChI is InChI=1S/C36H48F3N7O6/c37-36(38,39)34-42-30(20-31(43-34)46-17-3-6-28(46)29(50)7-1-4-25-9-11-27(21-40)12-10-25)45-18-14-26(15-19-45)5-2-8-32(51)41-16-13-33(52)44-35(22-47,23-48)24-49/h9-12,20,26,28,47-49H,1-8,13-19,22-24H2,(H,41,51)(H,44,52)/t28-/m0/s1. The molecule has 2 amide bonds. The molecule has 2 aliphatic heterocycles. The van der Waals surface area contributed by atoms with Crippen LogP contribution in [-0.4, -0.2) is 100 Å². The van der Waals surface area contributed by atoms with Gasteiger partial charge in [-0.25, -0.2) is 9.97 Å². The van der Waals surface area contributed by atoms with Gasteiger partial charge < -0.3 is 35.8 Å². The first-order chi connectivity index (χ1) is 24.9. The lowest BCUT2D eigenvalue weighted by molar-refractivity contribution is -0.144. The third kappa shape index (κ3) is 11.3. The Kier molecular flexibility index (Phi) is 14.7. The number of carbonyl (C=O) groups excluding carboxylic acids is 3. The van der Waals surface area contributed by atoms with E-state index in [1.165, 1.54) is 0 Å². The summed E-state index contributed by atoms with van der Waals surface area (Å²) in [5.74, 6) is -1.51. The van der Waals surface area contributed by atoms with Crippen LogP contribution in [0, 0.1) is 17.2 Å². The summed E-state index contributed by atoms with van der Waals surface area (Å²) in [7, 11) is 0. The van der Waals surface area contributed by atoms with Crippen molar-refractivity contribution in [3.05, 3.63) is 47.3 Å². The van der Waals surface area contributed by atoms with Crippen molar-refractivity contribution >= 4 is 29.2 Å². The lowest BCUT2D eigenvalue weighted by Crippen LogP contribution is -2.57. The first kappa shape index (κ1) is 40.4. The van der Waals surface area contributed by atoms with Crippen LogP contribution in [0.1, 0.15) is 81.2 Å². The van der Waals surface area contributed by atoms with Crippen molar-refractivity contribution in [2.75, 3.05) is 55.8 Å². The van der Waals surface area contributed by atoms with Gasteiger partial charge in [-0.3, -0.25) is 14.4 Å². The smallest absolute Gasteiger partial charge is 0.394 e. The number of benzene rings is 1. The number of aliphatic hydroxyl groups excluding tert-OH is 3. The topological polar surface area (TPSA) is 192 Å². The van der Waals surface area contributed by atoms with Crippen LogP contribution in [0.3, 0.4) is 0 Å². The number of aliphatic hydroxyl groups is 3. The van der Waals surface area contributed by atoms with Gasteiger partial charge in [0.2, 0.25) is 17.6 Å². The van der Waals surface area contributed by atoms with Crippen LogP contribution < -0.4 is 20.4 Å². The predicted molar refractivity (Wildman–Crippen MR) is 185 cm³/mol. The molecule has 1 aromatic carbocycles. The zero-order chi connectivity index (χ0) is 37.7. The monoisotopic (exact) mass is 731 g/mol. The molecular weight excluding hydrogens is 683 g/mol. The Bertz CT molecular complexity index is 1530. The van der Waals surface area contributed by atoms with Gasteiger partial charge >= 0.3 is 6.18 Å². The molecule has 0 bridgehead atoms. The minimum atomic E-state index is -4.77. The number of alkyl halides is 3. The number of nitrogens with one attached hydrogen (secondary N) is 2. The molecule has 2 aromatic rings. The van der Waals surface area contributed by atoms with E-state index in [-0.39, 0.29) is 55.1 Å². The van der Waals surface area contributed by atoms with Crippen LogP contribution in [0.5, 0.6) is 0 Å². The molecule has 3 heterocycles. The number of nitriles is 1. The van der Waals surface area contributed by atoms with Crippen molar-refractivity contribution in [1.29, 1.82) is 5.26 Å². The van der Waals surface area contributed by atoms with Crippen LogP contribution in [0.2, 0.25) is 0 Å². The summed E-state index contributed by atoms with van der Waals surface area (Å²) in [6.45, 7) is -0.496. The Labute approximate surface area is 301 Å². The van der Waals surface area contributed by atoms with Crippen LogP contribution in [0.25, 0.3) is 0 Å². The van der Waals surface area contributed by atoms with Crippen molar-refractivity contribution < 1.29 is 42.9 Å². The summed E-state index contributed by atoms with van der Waals surface area (Å²) >= 11 is 0. The average molecular weight is 732 g/mol. The van der Waals surface area contributed by atoms with E-state index in [0.717, 1.165) is 12.0 Å². The van der Waals surface area contributed by atoms with Crippen molar-refractivity contribution in [2.24, 2.45) is 5.92 Å². The van der Waals surface area contributed by atoms with Crippen LogP contribution in [0.15, 0.2) is 30.3 Å². The van der Waals surface area contributed by atoms with Gasteiger partial charge in [0.05, 0.1) is 37.5 Å². The minimum Gasteiger partial charge on any atom is -0.394 e. The first-order valence-corrected chi connectivity index (χ1v) is 17.8. The van der Waals surface area contributed by atoms with Gasteiger partial charge in [-0.05, 0) is 75.0 Å². The summed E-state index contributed by atoms with van der Waals surface area (Å²) < 4.78 is 42.0. The van der Waals surface area contributed by atoms with Crippen LogP contribution in [-0.2, 0) is 27.0 Å². The molecule has 284 valence electrons. The lowest BCUT2D eigenvalue weighted by Gasteiger charge is -2.34. The summed E-state index contributed by atoms with van der Waals surface area (Å²) in [6.07, 6.45) is 0.839. The normalized spacial score (nSPS) is 16.8. The number of piperidine rings is 1. The molecule has 1 atom stereocenters. The molecular formula is C36H48F3N7O6. The van der Waals surface area contributed by atoms with Gasteiger partial charge in [-0.1, -0.05) is 12.1 Å². The van der Waals surface area contributed by atoms with Gasteiger partial charge in [0, 0.05) is 51.5 Å². The molecule has 4 rings (SSSR count). The van der Waals surface area contributed by atoms with Gasteiger partial charge in [0.1, 0.15) is 17.2 Å². The number of halogens is 3. The van der Waals surface area contributed by atoms with Gasteiger partial charge in [-0.2, -0.15) is 18.4 Å². The Balaban J connectivity index is 1.26. The Morgan fingerprint density at radius 3 is 2.19 bits per heavy atom. The van der Waals surface area contributed by atoms with E-state index < -0.39 is 49.3 Å². The second-order valence-corrected chi connectivity index (χ2v) is 13.6. The van der Waals surface area contributed by atoms with Crippen molar-refractivity contribution in [2.45, 2.75) is 88.4 Å². The number of Topliss-reactive ketones (excluding diaryl/α,β-unsaturated/α-hetero) is 1. The largest absolute Gasteiger partial charge is 0.451 e. The molecule has 16 heteroatoms. The lowest BCUT2D eigenvalue weighted by atomic mass is 9.91. The highest BCUT2D eigenvalue weighted by Crippen LogP contribution is 2.35. The van der Waals surface area contributed by atoms with E-state index >= 15 is 0 Å². The second-order valence-electron chi connectivity index (χ2n) is 13.6. The molecule has 0 saturated carbocycles. The molecule has 52 heavy (non-hydrogen) atoms. The summed E-state index contributed by atoms with van der Waals surface area (Å²) in [5, 5.41) is 42.0. The Morgan fingerprint density at radius 1 is 0.885 bits per heavy atom. The fraction of sp³-hybridized carbons (Fsp3) is 0.611. The third-order valence-corrected chi connectivity index (χ3v) is 9.78. The van der Waals surface area contributed by atoms with Crippen LogP contribution in [0.4, 0.5) is 24.8 Å². The highest BCUT2D eigenvalue weighted by molar-refractivity contribution is 5.87. The molecule has 0 radical (unpaired) electrons. The maximum absolute atomic E-state index is 14.0. The zero-order valence-electron chi connectivity index (χ0n) is 29.2. The number of hydrogen-bond donors (Lipinski definition) is 5. The number of ketones is 1. The molecule has 0 spiro atoms. The van der Waals surface area contributed by atoms with E-state index in [2.05, 4.69) is 26.7 Å². The molecule has 0 aliphatic carbocycles. The number of rotatable bonds is 18. The summed E-state index contributed by atoms with van der Waals surface area (Å²) in [6, 6.07) is 10.2. The Morgan fingerprint density at radius 2 is 1.56 bits per heavy atom. The number of aromatic nitrogens is 2. The quantitative estimate of drug-likeness (QED) is 0.152. The molecule has 2 saturated heterocycles. The SMILES string of the molecule is N#Cc1ccc(CCCC(=O)[C@@H]2CCCN2c2cc(N3CCC(CCCC(=O)NCCC(=O)NC(CO)(CO)CO)CC3)nc(C(F)(F)F)n2)cc1. The molecule has 2 fully saturated rings. The summed E-state index contributed by atoms with van der Waals surface area (Å²) in [4.78, 5) is 48.9. The average Bonchev–Trinajstić information content (AvgIpc) is 3.64. The number of hydrogen-bond acceptors (Lipinski definition) is 11. The minimum absolute atomic E-state index is 0.0370. The van der Waals surface area contributed by atoms with E-state index in [0.29, 0.717) is 70.1 Å². The van der Waals surface area contributed by atoms with E-state index in [1.54, 1.807) is 23.1 Å². The number of amides is 2. The van der Waals surface area contributed by atoms with Gasteiger partial charge in [0.25, 0.3) is 0 Å². The van der Waals surface area contributed by atoms with E-state index in [1.807, 2.05) is 17.0 Å². The first-order valence-electron chi connectivity index (χ1n) is 17.8. The van der Waals surface area contributed by atoms with Crippen molar-refractivity contribution in [3.63, 3.8) is 0 Å². The molecule has 2 aliphatic rings. The number of anilines is 2. The zero-order valence-corrected chi connectivity index (χ0v) is 29.2. The maximum Gasteiger partial charge on any atom is 0.451 e. The highest BCUT2D eigenvalue weighted by Gasteiger charge is 2.39. The highest BCUT2D eigenvalue weighted by atomic mass is 19.4. The Hall–Kier alpha value is -4.33. The van der Waals surface area contributed by atoms with Crippen LogP contribution >= 0.6 is 0 Å². The van der Waals surface area contributed by atoms with E-state index in [4.69, 9.17) is 5.26 Å². The fourth-order valence-electron chi connectivity index (χ4n) is 6.65. The van der Waals surface area contributed by atoms with Crippen molar-refractivity contribution in [1.82, 2.24) is 20.6 Å². The molecule has 1 aromatic heterocycles. The fourth-order valence-corrected chi connectivity index (χ4v) is 6.65. The number of carbonyl (C=O) groups is 3. The number of aryl methyl sites for hydroxylation is 1. The number of nitrogens with zero attached hydrogens (tertiary/aromatic N) is 5. The van der Waals surface area contributed by atoms with Gasteiger partial charge in [0.15, 0.2) is 5.78 Å². The van der Waals surface area contributed by atoms with E-state index in [9.17, 15) is 42.9 Å². The third-order valence-electron chi connectivity index (χ3n) is 9.78. The van der Waals surface area contributed by atoms with Crippen molar-refractivity contribution in [3.8, 4) is 6.07 Å².